The largest absolute Gasteiger partial charge is 0.306 e. The summed E-state index contributed by atoms with van der Waals surface area (Å²) in [7, 11) is 0. The summed E-state index contributed by atoms with van der Waals surface area (Å²) in [5.74, 6) is 0.448. The van der Waals surface area contributed by atoms with E-state index in [0.717, 1.165) is 16.2 Å². The van der Waals surface area contributed by atoms with Crippen LogP contribution in [0.25, 0.3) is 16.5 Å². The molecule has 0 unspecified atom stereocenters. The van der Waals surface area contributed by atoms with Gasteiger partial charge in [-0.05, 0) is 36.3 Å². The third kappa shape index (κ3) is 4.62. The Hall–Kier alpha value is -3.17. The number of aromatic amines is 1. The molecule has 158 valence electrons. The van der Waals surface area contributed by atoms with Crippen LogP contribution in [0.3, 0.4) is 0 Å². The number of aryl methyl sites for hydroxylation is 1. The first-order valence-electron chi connectivity index (χ1n) is 9.78. The topological polar surface area (TPSA) is 92.7 Å². The second-order valence-electron chi connectivity index (χ2n) is 6.77. The standard InChI is InChI=1S/C22H21N5O2S2/c1-3-7-14-12-20(28)25-22(23-14)27-19(13-16(26-27)18-10-6-11-31-18)24-21(29)15-8-4-5-9-17(15)30-2/h4-6,8-13H,3,7H2,1-2H3,(H,24,29)(H,23,25,28). The summed E-state index contributed by atoms with van der Waals surface area (Å²) < 4.78 is 1.48. The van der Waals surface area contributed by atoms with Crippen LogP contribution in [0.15, 0.2) is 63.6 Å². The van der Waals surface area contributed by atoms with Crippen molar-refractivity contribution >= 4 is 34.8 Å². The van der Waals surface area contributed by atoms with Crippen molar-refractivity contribution in [1.82, 2.24) is 19.7 Å². The average Bonchev–Trinajstić information content (AvgIpc) is 3.43. The van der Waals surface area contributed by atoms with Crippen LogP contribution in [0.4, 0.5) is 5.82 Å². The Morgan fingerprint density at radius 2 is 2.06 bits per heavy atom. The van der Waals surface area contributed by atoms with Crippen molar-refractivity contribution in [2.24, 2.45) is 0 Å². The molecule has 1 aromatic carbocycles. The third-order valence-corrected chi connectivity index (χ3v) is 6.25. The molecule has 0 atom stereocenters. The number of benzene rings is 1. The Bertz CT molecular complexity index is 1260. The highest BCUT2D eigenvalue weighted by atomic mass is 32.2. The summed E-state index contributed by atoms with van der Waals surface area (Å²) in [6, 6.07) is 14.6. The first-order valence-corrected chi connectivity index (χ1v) is 11.9. The minimum atomic E-state index is -0.258. The normalized spacial score (nSPS) is 10.9. The zero-order valence-electron chi connectivity index (χ0n) is 17.1. The van der Waals surface area contributed by atoms with Gasteiger partial charge in [0.1, 0.15) is 11.5 Å². The van der Waals surface area contributed by atoms with Gasteiger partial charge in [-0.25, -0.2) is 4.98 Å². The van der Waals surface area contributed by atoms with Gasteiger partial charge in [-0.2, -0.15) is 9.78 Å². The van der Waals surface area contributed by atoms with E-state index in [1.54, 1.807) is 23.5 Å². The number of nitrogens with one attached hydrogen (secondary N) is 2. The predicted molar refractivity (Wildman–Crippen MR) is 125 cm³/mol. The summed E-state index contributed by atoms with van der Waals surface area (Å²) >= 11 is 3.05. The average molecular weight is 452 g/mol. The number of hydrogen-bond acceptors (Lipinski definition) is 6. The van der Waals surface area contributed by atoms with Crippen molar-refractivity contribution in [1.29, 1.82) is 0 Å². The van der Waals surface area contributed by atoms with Crippen molar-refractivity contribution in [3.8, 4) is 16.5 Å². The highest BCUT2D eigenvalue weighted by molar-refractivity contribution is 7.98. The molecule has 3 heterocycles. The fourth-order valence-electron chi connectivity index (χ4n) is 3.17. The second-order valence-corrected chi connectivity index (χ2v) is 8.56. The van der Waals surface area contributed by atoms with E-state index in [4.69, 9.17) is 0 Å². The lowest BCUT2D eigenvalue weighted by Gasteiger charge is -2.10. The SMILES string of the molecule is CCCc1cc(=O)[nH]c(-n2nc(-c3cccs3)cc2NC(=O)c2ccccc2SC)n1. The molecule has 4 aromatic rings. The van der Waals surface area contributed by atoms with Crippen LogP contribution in [-0.4, -0.2) is 31.9 Å². The lowest BCUT2D eigenvalue weighted by molar-refractivity contribution is 0.102. The van der Waals surface area contributed by atoms with Crippen LogP contribution < -0.4 is 10.9 Å². The molecule has 0 bridgehead atoms. The number of carbonyl (C=O) groups is 1. The maximum Gasteiger partial charge on any atom is 0.257 e. The maximum absolute atomic E-state index is 13.1. The minimum absolute atomic E-state index is 0.254. The molecule has 0 fully saturated rings. The molecule has 2 N–H and O–H groups in total. The van der Waals surface area contributed by atoms with Gasteiger partial charge in [0, 0.05) is 22.7 Å². The van der Waals surface area contributed by atoms with Gasteiger partial charge >= 0.3 is 0 Å². The molecule has 4 rings (SSSR count). The molecule has 0 saturated heterocycles. The molecular weight excluding hydrogens is 430 g/mol. The number of H-pyrrole nitrogens is 1. The molecular formula is C22H21N5O2S2. The van der Waals surface area contributed by atoms with Gasteiger partial charge < -0.3 is 5.32 Å². The van der Waals surface area contributed by atoms with Crippen LogP contribution in [-0.2, 0) is 6.42 Å². The summed E-state index contributed by atoms with van der Waals surface area (Å²) in [6.07, 6.45) is 3.47. The van der Waals surface area contributed by atoms with E-state index >= 15 is 0 Å². The first-order chi connectivity index (χ1) is 15.1. The molecule has 7 nitrogen and oxygen atoms in total. The Kier molecular flexibility index (Phi) is 6.34. The fourth-order valence-corrected chi connectivity index (χ4v) is 4.45. The molecule has 31 heavy (non-hydrogen) atoms. The smallest absolute Gasteiger partial charge is 0.257 e. The van der Waals surface area contributed by atoms with Gasteiger partial charge in [0.2, 0.25) is 5.95 Å². The highest BCUT2D eigenvalue weighted by Gasteiger charge is 2.18. The lowest BCUT2D eigenvalue weighted by Crippen LogP contribution is -2.19. The van der Waals surface area contributed by atoms with E-state index in [0.29, 0.717) is 29.2 Å². The monoisotopic (exact) mass is 451 g/mol. The third-order valence-electron chi connectivity index (χ3n) is 4.57. The molecule has 1 amide bonds. The number of thioether (sulfide) groups is 1. The van der Waals surface area contributed by atoms with E-state index < -0.39 is 0 Å². The van der Waals surface area contributed by atoms with E-state index in [9.17, 15) is 9.59 Å². The van der Waals surface area contributed by atoms with E-state index in [1.165, 1.54) is 22.5 Å². The Morgan fingerprint density at radius 3 is 2.81 bits per heavy atom. The lowest BCUT2D eigenvalue weighted by atomic mass is 10.2. The maximum atomic E-state index is 13.1. The van der Waals surface area contributed by atoms with Gasteiger partial charge in [0.15, 0.2) is 0 Å². The Labute approximate surface area is 187 Å². The Balaban J connectivity index is 1.78. The number of hydrogen-bond donors (Lipinski definition) is 2. The summed E-state index contributed by atoms with van der Waals surface area (Å²) in [6.45, 7) is 2.03. The van der Waals surface area contributed by atoms with Crippen molar-refractivity contribution < 1.29 is 4.79 Å². The summed E-state index contributed by atoms with van der Waals surface area (Å²) in [5.41, 5.74) is 1.68. The Morgan fingerprint density at radius 1 is 1.23 bits per heavy atom. The zero-order chi connectivity index (χ0) is 21.8. The number of rotatable bonds is 7. The molecule has 0 saturated carbocycles. The number of amides is 1. The second kappa shape index (κ2) is 9.32. The molecule has 0 radical (unpaired) electrons. The molecule has 0 spiro atoms. The quantitative estimate of drug-likeness (QED) is 0.400. The molecule has 0 aliphatic carbocycles. The van der Waals surface area contributed by atoms with Crippen molar-refractivity contribution in [2.75, 3.05) is 11.6 Å². The zero-order valence-corrected chi connectivity index (χ0v) is 18.7. The van der Waals surface area contributed by atoms with E-state index in [2.05, 4.69) is 20.4 Å². The van der Waals surface area contributed by atoms with Crippen molar-refractivity contribution in [3.63, 3.8) is 0 Å². The van der Waals surface area contributed by atoms with E-state index in [-0.39, 0.29) is 17.4 Å². The number of nitrogens with zero attached hydrogens (tertiary/aromatic N) is 3. The van der Waals surface area contributed by atoms with Crippen LogP contribution in [0.1, 0.15) is 29.4 Å². The molecule has 3 aromatic heterocycles. The minimum Gasteiger partial charge on any atom is -0.306 e. The number of aromatic nitrogens is 4. The fraction of sp³-hybridized carbons (Fsp3) is 0.182. The van der Waals surface area contributed by atoms with Gasteiger partial charge in [-0.1, -0.05) is 31.5 Å². The number of carbonyl (C=O) groups excluding carboxylic acids is 1. The van der Waals surface area contributed by atoms with Crippen molar-refractivity contribution in [3.05, 3.63) is 75.5 Å². The van der Waals surface area contributed by atoms with Gasteiger partial charge in [0.05, 0.1) is 10.4 Å². The predicted octanol–water partition coefficient (Wildman–Crippen LogP) is 4.61. The van der Waals surface area contributed by atoms with Gasteiger partial charge in [-0.15, -0.1) is 23.1 Å². The highest BCUT2D eigenvalue weighted by Crippen LogP contribution is 2.28. The van der Waals surface area contributed by atoms with Crippen LogP contribution in [0.2, 0.25) is 0 Å². The number of anilines is 1. The van der Waals surface area contributed by atoms with Crippen molar-refractivity contribution in [2.45, 2.75) is 24.7 Å². The van der Waals surface area contributed by atoms with Gasteiger partial charge in [0.25, 0.3) is 11.5 Å². The molecule has 0 aliphatic heterocycles. The van der Waals surface area contributed by atoms with Gasteiger partial charge in [-0.3, -0.25) is 14.6 Å². The molecule has 0 aliphatic rings. The summed E-state index contributed by atoms with van der Waals surface area (Å²) in [5, 5.41) is 9.53. The van der Waals surface area contributed by atoms with Crippen LogP contribution in [0, 0.1) is 0 Å². The number of thiophene rings is 1. The first kappa shape index (κ1) is 21.1. The van der Waals surface area contributed by atoms with E-state index in [1.807, 2.05) is 48.9 Å². The van der Waals surface area contributed by atoms with Crippen LogP contribution >= 0.6 is 23.1 Å². The van der Waals surface area contributed by atoms with Crippen LogP contribution in [0.5, 0.6) is 0 Å². The molecule has 9 heteroatoms. The summed E-state index contributed by atoms with van der Waals surface area (Å²) in [4.78, 5) is 34.4.